The number of nitrogens with zero attached hydrogens (tertiary/aromatic N) is 1. The third kappa shape index (κ3) is 3.75. The van der Waals surface area contributed by atoms with Crippen LogP contribution in [0.2, 0.25) is 5.02 Å². The van der Waals surface area contributed by atoms with Gasteiger partial charge in [0.25, 0.3) is 5.91 Å². The second-order valence-corrected chi connectivity index (χ2v) is 4.19. The highest BCUT2D eigenvalue weighted by molar-refractivity contribution is 6.32. The van der Waals surface area contributed by atoms with Gasteiger partial charge in [-0.1, -0.05) is 11.6 Å². The number of likely N-dealkylation sites (N-methyl/N-ethyl adjacent to an activating group) is 1. The van der Waals surface area contributed by atoms with Crippen LogP contribution in [0.4, 0.5) is 0 Å². The summed E-state index contributed by atoms with van der Waals surface area (Å²) in [6.45, 7) is 1.38. The molecule has 0 spiro atoms. The van der Waals surface area contributed by atoms with Crippen molar-refractivity contribution in [2.75, 3.05) is 20.7 Å². The SMILES string of the molecule is CC(=O)c1ccc(OCC(=O)N(C)C)c(Cl)c1. The molecule has 0 N–H and O–H groups in total. The Morgan fingerprint density at radius 2 is 2.00 bits per heavy atom. The van der Waals surface area contributed by atoms with Crippen LogP contribution in [0.3, 0.4) is 0 Å². The third-order valence-electron chi connectivity index (χ3n) is 2.19. The number of Topliss-reactive ketones (excluding diaryl/α,β-unsaturated/α-hetero) is 1. The Hall–Kier alpha value is -1.55. The lowest BCUT2D eigenvalue weighted by Gasteiger charge is -2.12. The number of ether oxygens (including phenoxy) is 1. The first-order chi connectivity index (χ1) is 7.91. The van der Waals surface area contributed by atoms with Crippen molar-refractivity contribution in [1.82, 2.24) is 4.90 Å². The number of carbonyl (C=O) groups is 2. The number of hydrogen-bond acceptors (Lipinski definition) is 3. The topological polar surface area (TPSA) is 46.6 Å². The van der Waals surface area contributed by atoms with E-state index in [2.05, 4.69) is 0 Å². The molecule has 0 aliphatic heterocycles. The zero-order valence-electron chi connectivity index (χ0n) is 9.99. The highest BCUT2D eigenvalue weighted by Gasteiger charge is 2.09. The van der Waals surface area contributed by atoms with Crippen LogP contribution in [-0.4, -0.2) is 37.3 Å². The molecule has 92 valence electrons. The number of amides is 1. The zero-order valence-corrected chi connectivity index (χ0v) is 10.7. The molecule has 0 fully saturated rings. The summed E-state index contributed by atoms with van der Waals surface area (Å²) in [7, 11) is 3.29. The maximum atomic E-state index is 11.3. The molecule has 0 radical (unpaired) electrons. The van der Waals surface area contributed by atoms with Gasteiger partial charge in [0, 0.05) is 19.7 Å². The van der Waals surface area contributed by atoms with E-state index in [-0.39, 0.29) is 18.3 Å². The van der Waals surface area contributed by atoms with Gasteiger partial charge in [0.15, 0.2) is 12.4 Å². The van der Waals surface area contributed by atoms with E-state index in [9.17, 15) is 9.59 Å². The Bertz CT molecular complexity index is 443. The molecule has 0 aliphatic rings. The average Bonchev–Trinajstić information content (AvgIpc) is 2.26. The fraction of sp³-hybridized carbons (Fsp3) is 0.333. The lowest BCUT2D eigenvalue weighted by atomic mass is 10.1. The summed E-state index contributed by atoms with van der Waals surface area (Å²) in [6.07, 6.45) is 0. The van der Waals surface area contributed by atoms with Crippen LogP contribution in [-0.2, 0) is 4.79 Å². The van der Waals surface area contributed by atoms with Crippen LogP contribution < -0.4 is 4.74 Å². The monoisotopic (exact) mass is 255 g/mol. The molecule has 1 amide bonds. The van der Waals surface area contributed by atoms with Gasteiger partial charge >= 0.3 is 0 Å². The number of carbonyl (C=O) groups excluding carboxylic acids is 2. The summed E-state index contributed by atoms with van der Waals surface area (Å²) < 4.78 is 5.26. The fourth-order valence-electron chi connectivity index (χ4n) is 1.11. The molecular formula is C12H14ClNO3. The molecule has 0 bridgehead atoms. The van der Waals surface area contributed by atoms with Gasteiger partial charge in [-0.05, 0) is 25.1 Å². The Labute approximate surface area is 105 Å². The van der Waals surface area contributed by atoms with E-state index >= 15 is 0 Å². The number of ketones is 1. The number of halogens is 1. The molecular weight excluding hydrogens is 242 g/mol. The van der Waals surface area contributed by atoms with Crippen LogP contribution in [0.25, 0.3) is 0 Å². The van der Waals surface area contributed by atoms with Crippen molar-refractivity contribution in [3.05, 3.63) is 28.8 Å². The van der Waals surface area contributed by atoms with Crippen molar-refractivity contribution in [2.24, 2.45) is 0 Å². The predicted octanol–water partition coefficient (Wildman–Crippen LogP) is 2.01. The lowest BCUT2D eigenvalue weighted by Crippen LogP contribution is -2.27. The van der Waals surface area contributed by atoms with Crippen molar-refractivity contribution >= 4 is 23.3 Å². The molecule has 0 aromatic heterocycles. The summed E-state index contributed by atoms with van der Waals surface area (Å²) >= 11 is 5.93. The predicted molar refractivity (Wildman–Crippen MR) is 65.6 cm³/mol. The smallest absolute Gasteiger partial charge is 0.259 e. The molecule has 5 heteroatoms. The molecule has 1 aromatic carbocycles. The molecule has 1 aromatic rings. The minimum absolute atomic E-state index is 0.0668. The Balaban J connectivity index is 2.73. The van der Waals surface area contributed by atoms with Gasteiger partial charge in [0.1, 0.15) is 5.75 Å². The van der Waals surface area contributed by atoms with Gasteiger partial charge in [-0.3, -0.25) is 9.59 Å². The van der Waals surface area contributed by atoms with Gasteiger partial charge in [0.05, 0.1) is 5.02 Å². The van der Waals surface area contributed by atoms with Gasteiger partial charge in [0.2, 0.25) is 0 Å². The Morgan fingerprint density at radius 3 is 2.47 bits per heavy atom. The molecule has 0 saturated carbocycles. The van der Waals surface area contributed by atoms with Crippen molar-refractivity contribution in [3.63, 3.8) is 0 Å². The van der Waals surface area contributed by atoms with E-state index in [1.165, 1.54) is 17.9 Å². The molecule has 0 heterocycles. The second kappa shape index (κ2) is 5.68. The highest BCUT2D eigenvalue weighted by atomic mass is 35.5. The van der Waals surface area contributed by atoms with Crippen LogP contribution >= 0.6 is 11.6 Å². The summed E-state index contributed by atoms with van der Waals surface area (Å²) in [5, 5.41) is 0.323. The maximum Gasteiger partial charge on any atom is 0.259 e. The number of hydrogen-bond donors (Lipinski definition) is 0. The molecule has 0 unspecified atom stereocenters. The summed E-state index contributed by atoms with van der Waals surface area (Å²) in [4.78, 5) is 23.8. The van der Waals surface area contributed by atoms with Crippen LogP contribution in [0.5, 0.6) is 5.75 Å². The quantitative estimate of drug-likeness (QED) is 0.774. The first-order valence-electron chi connectivity index (χ1n) is 5.05. The minimum atomic E-state index is -0.156. The molecule has 0 atom stereocenters. The van der Waals surface area contributed by atoms with Gasteiger partial charge in [-0.25, -0.2) is 0 Å². The Kier molecular flexibility index (Phi) is 4.52. The normalized spacial score (nSPS) is 9.88. The van der Waals surface area contributed by atoms with E-state index in [0.29, 0.717) is 16.3 Å². The molecule has 17 heavy (non-hydrogen) atoms. The van der Waals surface area contributed by atoms with Crippen LogP contribution in [0, 0.1) is 0 Å². The first kappa shape index (κ1) is 13.5. The summed E-state index contributed by atoms with van der Waals surface area (Å²) in [6, 6.07) is 4.73. The van der Waals surface area contributed by atoms with Crippen molar-refractivity contribution < 1.29 is 14.3 Å². The molecule has 0 aliphatic carbocycles. The average molecular weight is 256 g/mol. The van der Waals surface area contributed by atoms with Gasteiger partial charge < -0.3 is 9.64 Å². The zero-order chi connectivity index (χ0) is 13.0. The van der Waals surface area contributed by atoms with Crippen LogP contribution in [0.1, 0.15) is 17.3 Å². The third-order valence-corrected chi connectivity index (χ3v) is 2.48. The second-order valence-electron chi connectivity index (χ2n) is 3.78. The first-order valence-corrected chi connectivity index (χ1v) is 5.43. The Morgan fingerprint density at radius 1 is 1.35 bits per heavy atom. The van der Waals surface area contributed by atoms with Crippen molar-refractivity contribution in [1.29, 1.82) is 0 Å². The van der Waals surface area contributed by atoms with Crippen molar-refractivity contribution in [2.45, 2.75) is 6.92 Å². The summed E-state index contributed by atoms with van der Waals surface area (Å²) in [5.74, 6) is 0.173. The molecule has 1 rings (SSSR count). The number of benzene rings is 1. The molecule has 4 nitrogen and oxygen atoms in total. The highest BCUT2D eigenvalue weighted by Crippen LogP contribution is 2.25. The minimum Gasteiger partial charge on any atom is -0.482 e. The van der Waals surface area contributed by atoms with E-state index in [1.54, 1.807) is 26.2 Å². The summed E-state index contributed by atoms with van der Waals surface area (Å²) in [5.41, 5.74) is 0.515. The largest absolute Gasteiger partial charge is 0.482 e. The van der Waals surface area contributed by atoms with E-state index in [4.69, 9.17) is 16.3 Å². The van der Waals surface area contributed by atoms with E-state index in [1.807, 2.05) is 0 Å². The maximum absolute atomic E-state index is 11.3. The van der Waals surface area contributed by atoms with Crippen LogP contribution in [0.15, 0.2) is 18.2 Å². The van der Waals surface area contributed by atoms with E-state index in [0.717, 1.165) is 0 Å². The standard InChI is InChI=1S/C12H14ClNO3/c1-8(15)9-4-5-11(10(13)6-9)17-7-12(16)14(2)3/h4-6H,7H2,1-3H3. The fourth-order valence-corrected chi connectivity index (χ4v) is 1.34. The van der Waals surface area contributed by atoms with Gasteiger partial charge in [-0.15, -0.1) is 0 Å². The van der Waals surface area contributed by atoms with Crippen molar-refractivity contribution in [3.8, 4) is 5.75 Å². The van der Waals surface area contributed by atoms with Gasteiger partial charge in [-0.2, -0.15) is 0 Å². The molecule has 0 saturated heterocycles. The lowest BCUT2D eigenvalue weighted by molar-refractivity contribution is -0.130. The number of rotatable bonds is 4. The van der Waals surface area contributed by atoms with E-state index < -0.39 is 0 Å².